The van der Waals surface area contributed by atoms with Crippen molar-refractivity contribution in [3.63, 3.8) is 0 Å². The van der Waals surface area contributed by atoms with Gasteiger partial charge in [0.25, 0.3) is 0 Å². The Morgan fingerprint density at radius 2 is 1.67 bits per heavy atom. The molecule has 0 bridgehead atoms. The molecule has 0 saturated heterocycles. The first-order valence-corrected chi connectivity index (χ1v) is 11.4. The molecular formula is C25H21N5O2S. The van der Waals surface area contributed by atoms with Gasteiger partial charge in [-0.25, -0.2) is 0 Å². The van der Waals surface area contributed by atoms with Crippen LogP contribution in [0.4, 0.5) is 0 Å². The van der Waals surface area contributed by atoms with Crippen molar-refractivity contribution in [1.82, 2.24) is 24.9 Å². The van der Waals surface area contributed by atoms with E-state index in [-0.39, 0.29) is 0 Å². The summed E-state index contributed by atoms with van der Waals surface area (Å²) in [5.41, 5.74) is 4.89. The van der Waals surface area contributed by atoms with Crippen molar-refractivity contribution in [2.45, 2.75) is 17.8 Å². The summed E-state index contributed by atoms with van der Waals surface area (Å²) in [6.07, 6.45) is 3.51. The molecule has 0 amide bonds. The third-order valence-corrected chi connectivity index (χ3v) is 6.10. The second-order valence-electron chi connectivity index (χ2n) is 7.41. The zero-order valence-corrected chi connectivity index (χ0v) is 19.0. The van der Waals surface area contributed by atoms with Gasteiger partial charge in [-0.1, -0.05) is 34.6 Å². The van der Waals surface area contributed by atoms with Crippen LogP contribution in [-0.2, 0) is 5.75 Å². The smallest absolute Gasteiger partial charge is 0.196 e. The fourth-order valence-corrected chi connectivity index (χ4v) is 4.22. The van der Waals surface area contributed by atoms with Gasteiger partial charge in [-0.3, -0.25) is 9.55 Å². The number of benzene rings is 2. The molecule has 0 unspecified atom stereocenters. The molecule has 0 aliphatic carbocycles. The highest BCUT2D eigenvalue weighted by Gasteiger charge is 2.17. The van der Waals surface area contributed by atoms with Gasteiger partial charge in [-0.15, -0.1) is 10.2 Å². The van der Waals surface area contributed by atoms with Gasteiger partial charge >= 0.3 is 0 Å². The molecule has 5 rings (SSSR count). The maximum absolute atomic E-state index is 5.58. The first kappa shape index (κ1) is 21.0. The highest BCUT2D eigenvalue weighted by molar-refractivity contribution is 7.98. The van der Waals surface area contributed by atoms with Crippen LogP contribution in [0.1, 0.15) is 11.3 Å². The molecule has 164 valence electrons. The molecule has 0 N–H and O–H groups in total. The number of thioether (sulfide) groups is 1. The summed E-state index contributed by atoms with van der Waals surface area (Å²) >= 11 is 1.55. The van der Waals surface area contributed by atoms with Crippen molar-refractivity contribution in [3.05, 3.63) is 90.4 Å². The van der Waals surface area contributed by atoms with Crippen molar-refractivity contribution < 1.29 is 9.26 Å². The van der Waals surface area contributed by atoms with Crippen molar-refractivity contribution >= 4 is 11.8 Å². The molecule has 0 fully saturated rings. The van der Waals surface area contributed by atoms with Gasteiger partial charge in [0.15, 0.2) is 11.0 Å². The van der Waals surface area contributed by atoms with Crippen molar-refractivity contribution in [2.75, 3.05) is 7.11 Å². The third kappa shape index (κ3) is 4.51. The van der Waals surface area contributed by atoms with Gasteiger partial charge in [0, 0.05) is 35.3 Å². The fourth-order valence-electron chi connectivity index (χ4n) is 3.39. The lowest BCUT2D eigenvalue weighted by Crippen LogP contribution is -2.00. The number of ether oxygens (including phenoxy) is 1. The highest BCUT2D eigenvalue weighted by atomic mass is 32.2. The van der Waals surface area contributed by atoms with Crippen LogP contribution in [0.25, 0.3) is 28.3 Å². The molecule has 3 heterocycles. The Kier molecular flexibility index (Phi) is 5.91. The van der Waals surface area contributed by atoms with Crippen LogP contribution in [0.5, 0.6) is 5.75 Å². The molecule has 8 heteroatoms. The predicted molar refractivity (Wildman–Crippen MR) is 127 cm³/mol. The summed E-state index contributed by atoms with van der Waals surface area (Å²) in [7, 11) is 1.65. The minimum absolute atomic E-state index is 0.573. The van der Waals surface area contributed by atoms with E-state index in [0.717, 1.165) is 45.0 Å². The number of aromatic nitrogens is 5. The van der Waals surface area contributed by atoms with E-state index in [2.05, 4.69) is 56.1 Å². The van der Waals surface area contributed by atoms with Gasteiger partial charge in [0.2, 0.25) is 0 Å². The van der Waals surface area contributed by atoms with Gasteiger partial charge < -0.3 is 9.26 Å². The molecule has 3 aromatic heterocycles. The van der Waals surface area contributed by atoms with Gasteiger partial charge in [-0.05, 0) is 55.5 Å². The topological polar surface area (TPSA) is 78.9 Å². The quantitative estimate of drug-likeness (QED) is 0.296. The lowest BCUT2D eigenvalue weighted by Gasteiger charge is -2.10. The number of pyridine rings is 1. The van der Waals surface area contributed by atoms with E-state index in [1.54, 1.807) is 31.3 Å². The maximum Gasteiger partial charge on any atom is 0.196 e. The average molecular weight is 456 g/mol. The zero-order chi connectivity index (χ0) is 22.6. The first-order chi connectivity index (χ1) is 16.2. The number of hydrogen-bond donors (Lipinski definition) is 0. The van der Waals surface area contributed by atoms with E-state index in [1.807, 2.05) is 42.5 Å². The van der Waals surface area contributed by atoms with Crippen LogP contribution in [-0.4, -0.2) is 32.0 Å². The van der Waals surface area contributed by atoms with E-state index in [0.29, 0.717) is 5.75 Å². The average Bonchev–Trinajstić information content (AvgIpc) is 3.51. The van der Waals surface area contributed by atoms with E-state index < -0.39 is 0 Å². The van der Waals surface area contributed by atoms with Crippen LogP contribution in [0.15, 0.2) is 88.8 Å². The number of aryl methyl sites for hydroxylation is 1. The molecule has 0 radical (unpaired) electrons. The lowest BCUT2D eigenvalue weighted by atomic mass is 10.1. The largest absolute Gasteiger partial charge is 0.497 e. The number of methoxy groups -OCH3 is 1. The predicted octanol–water partition coefficient (Wildman–Crippen LogP) is 5.59. The summed E-state index contributed by atoms with van der Waals surface area (Å²) in [6, 6.07) is 21.9. The fraction of sp³-hybridized carbons (Fsp3) is 0.120. The number of rotatable bonds is 7. The Balaban J connectivity index is 1.41. The molecule has 5 aromatic rings. The molecule has 0 aliphatic rings. The second-order valence-corrected chi connectivity index (χ2v) is 8.35. The van der Waals surface area contributed by atoms with E-state index in [4.69, 9.17) is 9.26 Å². The van der Waals surface area contributed by atoms with Crippen LogP contribution < -0.4 is 4.74 Å². The van der Waals surface area contributed by atoms with Crippen molar-refractivity contribution in [1.29, 1.82) is 0 Å². The van der Waals surface area contributed by atoms with Crippen LogP contribution in [0.3, 0.4) is 0 Å². The van der Waals surface area contributed by atoms with Gasteiger partial charge in [-0.2, -0.15) is 0 Å². The minimum atomic E-state index is 0.573. The normalized spacial score (nSPS) is 11.0. The first-order valence-electron chi connectivity index (χ1n) is 10.4. The standard InChI is InChI=1S/C25H21N5O2S/c1-17-3-7-20(8-4-17)30-24(19-11-13-26-14-12-19)27-28-25(30)33-16-22-15-23(29-32-22)18-5-9-21(31-2)10-6-18/h3-15H,16H2,1-2H3. The van der Waals surface area contributed by atoms with Crippen LogP contribution in [0.2, 0.25) is 0 Å². The molecule has 0 spiro atoms. The summed E-state index contributed by atoms with van der Waals surface area (Å²) in [5.74, 6) is 2.90. The molecule has 0 aliphatic heterocycles. The Morgan fingerprint density at radius 3 is 2.39 bits per heavy atom. The Hall–Kier alpha value is -3.91. The summed E-state index contributed by atoms with van der Waals surface area (Å²) in [6.45, 7) is 2.07. The molecule has 0 saturated carbocycles. The van der Waals surface area contributed by atoms with E-state index in [9.17, 15) is 0 Å². The van der Waals surface area contributed by atoms with Crippen LogP contribution in [0, 0.1) is 6.92 Å². The molecular weight excluding hydrogens is 434 g/mol. The number of hydrogen-bond acceptors (Lipinski definition) is 7. The summed E-state index contributed by atoms with van der Waals surface area (Å²) in [5, 5.41) is 13.9. The molecule has 7 nitrogen and oxygen atoms in total. The van der Waals surface area contributed by atoms with Gasteiger partial charge in [0.05, 0.1) is 12.9 Å². The van der Waals surface area contributed by atoms with Crippen LogP contribution >= 0.6 is 11.8 Å². The minimum Gasteiger partial charge on any atom is -0.497 e. The Bertz CT molecular complexity index is 1350. The zero-order valence-electron chi connectivity index (χ0n) is 18.2. The summed E-state index contributed by atoms with van der Waals surface area (Å²) < 4.78 is 12.9. The monoisotopic (exact) mass is 455 g/mol. The van der Waals surface area contributed by atoms with Crippen molar-refractivity contribution in [2.24, 2.45) is 0 Å². The Morgan fingerprint density at radius 1 is 0.909 bits per heavy atom. The van der Waals surface area contributed by atoms with Crippen molar-refractivity contribution in [3.8, 4) is 34.1 Å². The third-order valence-electron chi connectivity index (χ3n) is 5.15. The number of nitrogens with zero attached hydrogens (tertiary/aromatic N) is 5. The Labute approximate surface area is 195 Å². The van der Waals surface area contributed by atoms with E-state index in [1.165, 1.54) is 5.56 Å². The summed E-state index contributed by atoms with van der Waals surface area (Å²) in [4.78, 5) is 4.12. The maximum atomic E-state index is 5.58. The lowest BCUT2D eigenvalue weighted by molar-refractivity contribution is 0.397. The molecule has 0 atom stereocenters. The molecule has 33 heavy (non-hydrogen) atoms. The van der Waals surface area contributed by atoms with E-state index >= 15 is 0 Å². The SMILES string of the molecule is COc1ccc(-c2cc(CSc3nnc(-c4ccncc4)n3-c3ccc(C)cc3)on2)cc1. The molecule has 2 aromatic carbocycles. The van der Waals surface area contributed by atoms with Gasteiger partial charge in [0.1, 0.15) is 17.2 Å². The second kappa shape index (κ2) is 9.30. The highest BCUT2D eigenvalue weighted by Crippen LogP contribution is 2.31.